The Morgan fingerprint density at radius 3 is 2.81 bits per heavy atom. The SMILES string of the molecule is CC1(C)C[C@H]2C[C@](C)(CN2C(=O)Cn2nnc(-c3ccccc3Cl)n2)C1. The van der Waals surface area contributed by atoms with Gasteiger partial charge < -0.3 is 4.90 Å². The second-order valence-electron chi connectivity index (χ2n) is 8.86. The fourth-order valence-corrected chi connectivity index (χ4v) is 5.24. The van der Waals surface area contributed by atoms with Crippen molar-refractivity contribution in [1.82, 2.24) is 25.1 Å². The van der Waals surface area contributed by atoms with Crippen LogP contribution in [-0.4, -0.2) is 43.6 Å². The molecule has 2 aliphatic rings. The van der Waals surface area contributed by atoms with E-state index in [1.165, 1.54) is 11.2 Å². The number of halogens is 1. The lowest BCUT2D eigenvalue weighted by atomic mass is 9.65. The van der Waals surface area contributed by atoms with Crippen molar-refractivity contribution in [3.05, 3.63) is 29.3 Å². The Morgan fingerprint density at radius 1 is 1.27 bits per heavy atom. The summed E-state index contributed by atoms with van der Waals surface area (Å²) in [5.74, 6) is 0.510. The van der Waals surface area contributed by atoms with E-state index in [2.05, 4.69) is 36.2 Å². The number of carbonyl (C=O) groups excluding carboxylic acids is 1. The van der Waals surface area contributed by atoms with Crippen molar-refractivity contribution >= 4 is 17.5 Å². The van der Waals surface area contributed by atoms with Crippen molar-refractivity contribution in [1.29, 1.82) is 0 Å². The maximum atomic E-state index is 12.9. The van der Waals surface area contributed by atoms with Gasteiger partial charge >= 0.3 is 0 Å². The van der Waals surface area contributed by atoms with Crippen LogP contribution in [0.15, 0.2) is 24.3 Å². The molecule has 0 radical (unpaired) electrons. The number of rotatable bonds is 3. The highest BCUT2D eigenvalue weighted by Gasteiger charge is 2.50. The molecule has 1 aromatic carbocycles. The summed E-state index contributed by atoms with van der Waals surface area (Å²) in [5.41, 5.74) is 1.23. The lowest BCUT2D eigenvalue weighted by Crippen LogP contribution is -2.39. The Morgan fingerprint density at radius 2 is 2.04 bits per heavy atom. The number of fused-ring (bicyclic) bond motifs is 2. The molecule has 26 heavy (non-hydrogen) atoms. The van der Waals surface area contributed by atoms with Crippen molar-refractivity contribution < 1.29 is 4.79 Å². The zero-order valence-corrected chi connectivity index (χ0v) is 16.2. The molecule has 2 fully saturated rings. The van der Waals surface area contributed by atoms with Crippen molar-refractivity contribution in [3.8, 4) is 11.4 Å². The molecule has 2 atom stereocenters. The standard InChI is InChI=1S/C19H24ClN5O/c1-18(2)8-13-9-19(3,11-18)12-24(13)16(26)10-25-22-17(21-23-25)14-6-4-5-7-15(14)20/h4-7,13H,8-12H2,1-3H3/t13-,19-/m0/s1. The minimum Gasteiger partial charge on any atom is -0.337 e. The number of hydrogen-bond donors (Lipinski definition) is 0. The first kappa shape index (κ1) is 17.5. The molecule has 2 heterocycles. The van der Waals surface area contributed by atoms with E-state index in [-0.39, 0.29) is 23.3 Å². The molecule has 1 amide bonds. The number of hydrogen-bond acceptors (Lipinski definition) is 4. The Bertz CT molecular complexity index is 848. The van der Waals surface area contributed by atoms with Crippen LogP contribution < -0.4 is 0 Å². The van der Waals surface area contributed by atoms with Gasteiger partial charge in [-0.15, -0.1) is 10.2 Å². The maximum absolute atomic E-state index is 12.9. The first-order valence-electron chi connectivity index (χ1n) is 9.07. The van der Waals surface area contributed by atoms with Crippen LogP contribution in [-0.2, 0) is 11.3 Å². The lowest BCUT2D eigenvalue weighted by molar-refractivity contribution is -0.133. The number of benzene rings is 1. The van der Waals surface area contributed by atoms with Crippen molar-refractivity contribution in [2.24, 2.45) is 10.8 Å². The maximum Gasteiger partial charge on any atom is 0.246 e. The number of amides is 1. The topological polar surface area (TPSA) is 63.9 Å². The highest BCUT2D eigenvalue weighted by atomic mass is 35.5. The summed E-state index contributed by atoms with van der Waals surface area (Å²) in [6, 6.07) is 7.68. The molecular weight excluding hydrogens is 350 g/mol. The van der Waals surface area contributed by atoms with E-state index in [1.54, 1.807) is 6.07 Å². The molecule has 7 heteroatoms. The molecule has 1 saturated carbocycles. The monoisotopic (exact) mass is 373 g/mol. The van der Waals surface area contributed by atoms with E-state index < -0.39 is 0 Å². The molecule has 1 aliphatic carbocycles. The zero-order chi connectivity index (χ0) is 18.5. The third-order valence-electron chi connectivity index (χ3n) is 5.58. The summed E-state index contributed by atoms with van der Waals surface area (Å²) in [4.78, 5) is 16.3. The third-order valence-corrected chi connectivity index (χ3v) is 5.91. The summed E-state index contributed by atoms with van der Waals surface area (Å²) >= 11 is 6.19. The summed E-state index contributed by atoms with van der Waals surface area (Å²) in [5, 5.41) is 13.0. The first-order valence-corrected chi connectivity index (χ1v) is 9.45. The Balaban J connectivity index is 1.49. The Hall–Kier alpha value is -1.95. The molecule has 138 valence electrons. The smallest absolute Gasteiger partial charge is 0.246 e. The van der Waals surface area contributed by atoms with Crippen LogP contribution in [0.1, 0.15) is 40.0 Å². The predicted molar refractivity (Wildman–Crippen MR) is 99.5 cm³/mol. The molecule has 6 nitrogen and oxygen atoms in total. The molecule has 0 unspecified atom stereocenters. The fraction of sp³-hybridized carbons (Fsp3) is 0.579. The van der Waals surface area contributed by atoms with Gasteiger partial charge in [-0.3, -0.25) is 4.79 Å². The first-order chi connectivity index (χ1) is 12.2. The van der Waals surface area contributed by atoms with Crippen LogP contribution in [0.2, 0.25) is 5.02 Å². The van der Waals surface area contributed by atoms with Gasteiger partial charge in [0.25, 0.3) is 0 Å². The lowest BCUT2D eigenvalue weighted by Gasteiger charge is -2.39. The van der Waals surface area contributed by atoms with Crippen molar-refractivity contribution in [2.45, 2.75) is 52.6 Å². The highest BCUT2D eigenvalue weighted by molar-refractivity contribution is 6.33. The van der Waals surface area contributed by atoms with Crippen LogP contribution in [0.5, 0.6) is 0 Å². The van der Waals surface area contributed by atoms with Gasteiger partial charge in [-0.25, -0.2) is 0 Å². The Kier molecular flexibility index (Phi) is 4.06. The van der Waals surface area contributed by atoms with Crippen LogP contribution >= 0.6 is 11.6 Å². The molecule has 1 saturated heterocycles. The summed E-state index contributed by atoms with van der Waals surface area (Å²) < 4.78 is 0. The minimum absolute atomic E-state index is 0.0690. The van der Waals surface area contributed by atoms with Gasteiger partial charge in [0.1, 0.15) is 6.54 Å². The average Bonchev–Trinajstić information content (AvgIpc) is 3.08. The van der Waals surface area contributed by atoms with E-state index >= 15 is 0 Å². The highest BCUT2D eigenvalue weighted by Crippen LogP contribution is 2.52. The summed E-state index contributed by atoms with van der Waals surface area (Å²) in [6.07, 6.45) is 3.32. The molecule has 0 spiro atoms. The summed E-state index contributed by atoms with van der Waals surface area (Å²) in [7, 11) is 0. The molecule has 1 aliphatic heterocycles. The average molecular weight is 374 g/mol. The largest absolute Gasteiger partial charge is 0.337 e. The Labute approximate surface area is 158 Å². The molecule has 1 aromatic heterocycles. The van der Waals surface area contributed by atoms with Gasteiger partial charge in [0, 0.05) is 18.2 Å². The summed E-state index contributed by atoms with van der Waals surface area (Å²) in [6.45, 7) is 7.86. The van der Waals surface area contributed by atoms with Gasteiger partial charge in [-0.05, 0) is 47.4 Å². The fourth-order valence-electron chi connectivity index (χ4n) is 5.02. The van der Waals surface area contributed by atoms with Gasteiger partial charge in [0.05, 0.1) is 5.02 Å². The normalized spacial score (nSPS) is 26.9. The predicted octanol–water partition coefficient (Wildman–Crippen LogP) is 3.42. The molecule has 2 bridgehead atoms. The van der Waals surface area contributed by atoms with Gasteiger partial charge in [0.2, 0.25) is 11.7 Å². The van der Waals surface area contributed by atoms with Gasteiger partial charge in [-0.1, -0.05) is 44.5 Å². The van der Waals surface area contributed by atoms with Crippen LogP contribution in [0.25, 0.3) is 11.4 Å². The second-order valence-corrected chi connectivity index (χ2v) is 9.27. The molecule has 2 aromatic rings. The van der Waals surface area contributed by atoms with Crippen molar-refractivity contribution in [2.75, 3.05) is 6.54 Å². The number of aromatic nitrogens is 4. The van der Waals surface area contributed by atoms with E-state index in [1.807, 2.05) is 23.1 Å². The second kappa shape index (κ2) is 6.05. The van der Waals surface area contributed by atoms with E-state index in [9.17, 15) is 4.79 Å². The molecular formula is C19H24ClN5O. The van der Waals surface area contributed by atoms with E-state index in [4.69, 9.17) is 11.6 Å². The van der Waals surface area contributed by atoms with E-state index in [0.29, 0.717) is 16.9 Å². The van der Waals surface area contributed by atoms with Crippen LogP contribution in [0, 0.1) is 10.8 Å². The molecule has 4 rings (SSSR count). The zero-order valence-electron chi connectivity index (χ0n) is 15.4. The number of tetrazole rings is 1. The number of nitrogens with zero attached hydrogens (tertiary/aromatic N) is 5. The third kappa shape index (κ3) is 3.22. The van der Waals surface area contributed by atoms with E-state index in [0.717, 1.165) is 24.9 Å². The quantitative estimate of drug-likeness (QED) is 0.826. The number of carbonyl (C=O) groups is 1. The minimum atomic E-state index is 0.0690. The van der Waals surface area contributed by atoms with Crippen molar-refractivity contribution in [3.63, 3.8) is 0 Å². The van der Waals surface area contributed by atoms with Gasteiger partial charge in [0.15, 0.2) is 0 Å². The van der Waals surface area contributed by atoms with Gasteiger partial charge in [-0.2, -0.15) is 4.80 Å². The molecule has 0 N–H and O–H groups in total. The van der Waals surface area contributed by atoms with Crippen LogP contribution in [0.4, 0.5) is 0 Å². The van der Waals surface area contributed by atoms with Crippen LogP contribution in [0.3, 0.4) is 0 Å². The number of likely N-dealkylation sites (tertiary alicyclic amines) is 1.